The highest BCUT2D eigenvalue weighted by Crippen LogP contribution is 2.27. The summed E-state index contributed by atoms with van der Waals surface area (Å²) in [5.41, 5.74) is 4.49. The average Bonchev–Trinajstić information content (AvgIpc) is 3.03. The minimum absolute atomic E-state index is 0.317. The molecular formula is C24H29ClN2O2. The number of carbonyl (C=O) groups is 1. The molecule has 0 aliphatic carbocycles. The molecule has 0 saturated heterocycles. The van der Waals surface area contributed by atoms with Gasteiger partial charge in [-0.25, -0.2) is 4.79 Å². The zero-order valence-corrected chi connectivity index (χ0v) is 18.3. The van der Waals surface area contributed by atoms with Crippen LogP contribution >= 0.6 is 11.6 Å². The van der Waals surface area contributed by atoms with Gasteiger partial charge >= 0.3 is 5.97 Å². The molecule has 0 aliphatic heterocycles. The number of likely N-dealkylation sites (N-methyl/N-ethyl adjacent to an activating group) is 1. The Morgan fingerprint density at radius 2 is 1.93 bits per heavy atom. The Hall–Kier alpha value is -2.30. The number of esters is 1. The fourth-order valence-electron chi connectivity index (χ4n) is 3.67. The molecular weight excluding hydrogens is 384 g/mol. The van der Waals surface area contributed by atoms with Crippen LogP contribution < -0.4 is 0 Å². The van der Waals surface area contributed by atoms with Crippen LogP contribution in [0.15, 0.2) is 42.5 Å². The highest BCUT2D eigenvalue weighted by Gasteiger charge is 2.21. The number of hydrogen-bond donors (Lipinski definition) is 1. The van der Waals surface area contributed by atoms with Gasteiger partial charge in [0.2, 0.25) is 0 Å². The van der Waals surface area contributed by atoms with Crippen LogP contribution in [-0.2, 0) is 11.2 Å². The molecule has 154 valence electrons. The Kier molecular flexibility index (Phi) is 6.99. The number of fused-ring (bicyclic) bond motifs is 1. The Balaban J connectivity index is 1.83. The van der Waals surface area contributed by atoms with Gasteiger partial charge in [-0.3, -0.25) is 0 Å². The Morgan fingerprint density at radius 1 is 1.17 bits per heavy atom. The van der Waals surface area contributed by atoms with Gasteiger partial charge in [0, 0.05) is 28.2 Å². The van der Waals surface area contributed by atoms with Crippen molar-refractivity contribution in [2.75, 3.05) is 19.6 Å². The van der Waals surface area contributed by atoms with Gasteiger partial charge in [0.25, 0.3) is 0 Å². The summed E-state index contributed by atoms with van der Waals surface area (Å²) < 4.78 is 5.77. The molecule has 1 N–H and O–H groups in total. The lowest BCUT2D eigenvalue weighted by atomic mass is 10.1. The van der Waals surface area contributed by atoms with Crippen molar-refractivity contribution in [3.8, 4) is 0 Å². The predicted molar refractivity (Wildman–Crippen MR) is 120 cm³/mol. The lowest BCUT2D eigenvalue weighted by Gasteiger charge is -2.17. The van der Waals surface area contributed by atoms with Gasteiger partial charge in [0.05, 0.1) is 5.56 Å². The summed E-state index contributed by atoms with van der Waals surface area (Å²) >= 11 is 6.07. The van der Waals surface area contributed by atoms with Crippen molar-refractivity contribution in [1.82, 2.24) is 9.88 Å². The fourth-order valence-corrected chi connectivity index (χ4v) is 3.87. The van der Waals surface area contributed by atoms with E-state index in [0.29, 0.717) is 10.6 Å². The minimum atomic E-state index is -0.378. The van der Waals surface area contributed by atoms with E-state index in [9.17, 15) is 4.79 Å². The average molecular weight is 413 g/mol. The van der Waals surface area contributed by atoms with Crippen LogP contribution in [-0.4, -0.2) is 35.5 Å². The Labute approximate surface area is 177 Å². The van der Waals surface area contributed by atoms with E-state index in [0.717, 1.165) is 48.2 Å². The largest absolute Gasteiger partial charge is 0.454 e. The highest BCUT2D eigenvalue weighted by molar-refractivity contribution is 6.30. The number of nitrogens with one attached hydrogen (secondary N) is 1. The molecule has 0 aliphatic rings. The lowest BCUT2D eigenvalue weighted by molar-refractivity contribution is 0.0339. The maximum absolute atomic E-state index is 13.0. The predicted octanol–water partition coefficient (Wildman–Crippen LogP) is 5.93. The number of nitrogens with zero attached hydrogens (tertiary/aromatic N) is 1. The van der Waals surface area contributed by atoms with E-state index >= 15 is 0 Å². The van der Waals surface area contributed by atoms with E-state index in [4.69, 9.17) is 16.3 Å². The highest BCUT2D eigenvalue weighted by atomic mass is 35.5. The van der Waals surface area contributed by atoms with Crippen molar-refractivity contribution in [3.05, 3.63) is 69.9 Å². The van der Waals surface area contributed by atoms with Gasteiger partial charge < -0.3 is 14.6 Å². The smallest absolute Gasteiger partial charge is 0.341 e. The third kappa shape index (κ3) is 5.01. The fraction of sp³-hybridized carbons (Fsp3) is 0.375. The zero-order chi connectivity index (χ0) is 21.0. The first-order valence-electron chi connectivity index (χ1n) is 10.2. The van der Waals surface area contributed by atoms with Crippen molar-refractivity contribution in [3.63, 3.8) is 0 Å². The van der Waals surface area contributed by atoms with Crippen molar-refractivity contribution in [2.45, 2.75) is 40.2 Å². The van der Waals surface area contributed by atoms with Crippen LogP contribution in [0, 0.1) is 6.92 Å². The molecule has 1 aromatic heterocycles. The molecule has 0 spiro atoms. The van der Waals surface area contributed by atoms with E-state index in [1.54, 1.807) is 0 Å². The quantitative estimate of drug-likeness (QED) is 0.466. The number of hydrogen-bond acceptors (Lipinski definition) is 3. The maximum atomic E-state index is 13.0. The third-order valence-corrected chi connectivity index (χ3v) is 5.70. The summed E-state index contributed by atoms with van der Waals surface area (Å²) in [6.07, 6.45) is 0.575. The van der Waals surface area contributed by atoms with Crippen LogP contribution in [0.1, 0.15) is 54.1 Å². The van der Waals surface area contributed by atoms with Crippen LogP contribution in [0.5, 0.6) is 0 Å². The van der Waals surface area contributed by atoms with E-state index in [-0.39, 0.29) is 12.1 Å². The molecule has 4 nitrogen and oxygen atoms in total. The molecule has 5 heteroatoms. The summed E-state index contributed by atoms with van der Waals surface area (Å²) in [6.45, 7) is 11.2. The standard InChI is InChI=1S/C24H29ClN2O2/c1-5-27(6-2)13-12-18-10-11-22-21(14-18)23(16(3)26-22)24(28)29-17(4)19-8-7-9-20(25)15-19/h7-11,14-15,17,26H,5-6,12-13H2,1-4H3. The molecule has 0 fully saturated rings. The number of aromatic amines is 1. The van der Waals surface area contributed by atoms with E-state index < -0.39 is 0 Å². The summed E-state index contributed by atoms with van der Waals surface area (Å²) in [5.74, 6) is -0.317. The van der Waals surface area contributed by atoms with Crippen molar-refractivity contribution < 1.29 is 9.53 Å². The molecule has 2 aromatic carbocycles. The van der Waals surface area contributed by atoms with Gasteiger partial charge in [0.1, 0.15) is 6.10 Å². The van der Waals surface area contributed by atoms with E-state index in [2.05, 4.69) is 41.9 Å². The molecule has 29 heavy (non-hydrogen) atoms. The molecule has 1 unspecified atom stereocenters. The molecule has 0 radical (unpaired) electrons. The van der Waals surface area contributed by atoms with Crippen molar-refractivity contribution in [2.24, 2.45) is 0 Å². The molecule has 1 heterocycles. The summed E-state index contributed by atoms with van der Waals surface area (Å²) in [7, 11) is 0. The van der Waals surface area contributed by atoms with Gasteiger partial charge in [-0.15, -0.1) is 0 Å². The molecule has 3 rings (SSSR count). The monoisotopic (exact) mass is 412 g/mol. The Bertz CT molecular complexity index is 992. The normalized spacial score (nSPS) is 12.5. The van der Waals surface area contributed by atoms with E-state index in [1.165, 1.54) is 5.56 Å². The first-order chi connectivity index (χ1) is 13.9. The van der Waals surface area contributed by atoms with Crippen molar-refractivity contribution in [1.29, 1.82) is 0 Å². The summed E-state index contributed by atoms with van der Waals surface area (Å²) in [6, 6.07) is 13.7. The van der Waals surface area contributed by atoms with Gasteiger partial charge in [-0.2, -0.15) is 0 Å². The van der Waals surface area contributed by atoms with Crippen LogP contribution in [0.2, 0.25) is 5.02 Å². The SMILES string of the molecule is CCN(CC)CCc1ccc2[nH]c(C)c(C(=O)OC(C)c3cccc(Cl)c3)c2c1. The zero-order valence-electron chi connectivity index (χ0n) is 17.6. The van der Waals surface area contributed by atoms with Gasteiger partial charge in [0.15, 0.2) is 0 Å². The number of rotatable bonds is 8. The third-order valence-electron chi connectivity index (χ3n) is 5.47. The lowest BCUT2D eigenvalue weighted by Crippen LogP contribution is -2.25. The molecule has 0 amide bonds. The molecule has 1 atom stereocenters. The number of aromatic nitrogens is 1. The number of aryl methyl sites for hydroxylation is 1. The van der Waals surface area contributed by atoms with Crippen molar-refractivity contribution >= 4 is 28.5 Å². The number of benzene rings is 2. The molecule has 0 saturated carbocycles. The second kappa shape index (κ2) is 9.47. The topological polar surface area (TPSA) is 45.3 Å². The first kappa shape index (κ1) is 21.4. The second-order valence-corrected chi connectivity index (χ2v) is 7.82. The molecule has 0 bridgehead atoms. The number of halogens is 1. The maximum Gasteiger partial charge on any atom is 0.341 e. The van der Waals surface area contributed by atoms with Crippen LogP contribution in [0.4, 0.5) is 0 Å². The van der Waals surface area contributed by atoms with Crippen LogP contribution in [0.25, 0.3) is 10.9 Å². The van der Waals surface area contributed by atoms with Gasteiger partial charge in [-0.1, -0.05) is 43.6 Å². The van der Waals surface area contributed by atoms with Gasteiger partial charge in [-0.05, 0) is 68.8 Å². The minimum Gasteiger partial charge on any atom is -0.454 e. The number of H-pyrrole nitrogens is 1. The van der Waals surface area contributed by atoms with E-state index in [1.807, 2.05) is 38.1 Å². The first-order valence-corrected chi connectivity index (χ1v) is 10.6. The number of ether oxygens (including phenoxy) is 1. The molecule has 3 aromatic rings. The van der Waals surface area contributed by atoms with Crippen LogP contribution in [0.3, 0.4) is 0 Å². The summed E-state index contributed by atoms with van der Waals surface area (Å²) in [5, 5.41) is 1.55. The number of carbonyl (C=O) groups excluding carboxylic acids is 1. The Morgan fingerprint density at radius 3 is 2.62 bits per heavy atom. The second-order valence-electron chi connectivity index (χ2n) is 7.38. The summed E-state index contributed by atoms with van der Waals surface area (Å²) in [4.78, 5) is 18.7.